The number of aromatic amines is 1. The highest BCUT2D eigenvalue weighted by molar-refractivity contribution is 5.98. The van der Waals surface area contributed by atoms with Crippen molar-refractivity contribution >= 4 is 11.7 Å². The van der Waals surface area contributed by atoms with Crippen LogP contribution in [0.1, 0.15) is 59.4 Å². The molecule has 0 unspecified atom stereocenters. The third-order valence-electron chi connectivity index (χ3n) is 6.30. The Bertz CT molecular complexity index is 940. The Hall–Kier alpha value is -2.70. The van der Waals surface area contributed by atoms with Gasteiger partial charge in [-0.2, -0.15) is 5.10 Å². The summed E-state index contributed by atoms with van der Waals surface area (Å²) in [6.45, 7) is 1.06. The number of hydrogen-bond donors (Lipinski definition) is 1. The monoisotopic (exact) mass is 413 g/mol. The highest BCUT2D eigenvalue weighted by atomic mass is 19.1. The summed E-state index contributed by atoms with van der Waals surface area (Å²) in [4.78, 5) is 27.5. The summed E-state index contributed by atoms with van der Waals surface area (Å²) in [6.07, 6.45) is 6.96. The molecule has 1 aliphatic heterocycles. The molecule has 1 saturated heterocycles. The molecule has 7 heteroatoms. The van der Waals surface area contributed by atoms with Crippen LogP contribution in [0.5, 0.6) is 5.75 Å². The summed E-state index contributed by atoms with van der Waals surface area (Å²) in [6, 6.07) is 4.28. The topological polar surface area (TPSA) is 75.3 Å². The summed E-state index contributed by atoms with van der Waals surface area (Å²) < 4.78 is 18.9. The van der Waals surface area contributed by atoms with Gasteiger partial charge < -0.3 is 9.64 Å². The van der Waals surface area contributed by atoms with E-state index in [1.807, 2.05) is 0 Å². The predicted octanol–water partition coefficient (Wildman–Crippen LogP) is 3.49. The molecule has 30 heavy (non-hydrogen) atoms. The molecule has 2 aromatic rings. The number of halogens is 1. The maximum Gasteiger partial charge on any atom is 0.222 e. The number of aromatic nitrogens is 2. The predicted molar refractivity (Wildman–Crippen MR) is 110 cm³/mol. The van der Waals surface area contributed by atoms with Crippen LogP contribution in [0.15, 0.2) is 18.2 Å². The average molecular weight is 413 g/mol. The van der Waals surface area contributed by atoms with Gasteiger partial charge in [0.1, 0.15) is 0 Å². The third-order valence-corrected chi connectivity index (χ3v) is 6.30. The number of benzene rings is 1. The van der Waals surface area contributed by atoms with E-state index in [9.17, 15) is 14.0 Å². The summed E-state index contributed by atoms with van der Waals surface area (Å²) >= 11 is 0. The van der Waals surface area contributed by atoms with Gasteiger partial charge in [-0.05, 0) is 62.3 Å². The molecule has 0 radical (unpaired) electrons. The minimum atomic E-state index is -0.547. The van der Waals surface area contributed by atoms with Gasteiger partial charge in [0, 0.05) is 43.1 Å². The van der Waals surface area contributed by atoms with Gasteiger partial charge in [0.15, 0.2) is 17.3 Å². The summed E-state index contributed by atoms with van der Waals surface area (Å²) in [5.41, 5.74) is 3.86. The molecule has 1 N–H and O–H groups in total. The second-order valence-corrected chi connectivity index (χ2v) is 8.23. The molecular formula is C23H28FN3O3. The SMILES string of the molecule is COc1ccc(C(=O)[C@@H]2CCCN(C(=O)CCc3n[nH]c4c3CCCC4)C2)cc1F. The second kappa shape index (κ2) is 8.98. The van der Waals surface area contributed by atoms with Crippen LogP contribution in [0, 0.1) is 11.7 Å². The van der Waals surface area contributed by atoms with Crippen molar-refractivity contribution in [2.24, 2.45) is 5.92 Å². The largest absolute Gasteiger partial charge is 0.494 e. The number of ether oxygens (including phenoxy) is 1. The third kappa shape index (κ3) is 4.25. The molecule has 1 atom stereocenters. The number of nitrogens with one attached hydrogen (secondary N) is 1. The molecular weight excluding hydrogens is 385 g/mol. The first-order chi connectivity index (χ1) is 14.6. The first-order valence-corrected chi connectivity index (χ1v) is 10.8. The van der Waals surface area contributed by atoms with Crippen LogP contribution in [0.4, 0.5) is 4.39 Å². The van der Waals surface area contributed by atoms with Gasteiger partial charge in [-0.25, -0.2) is 4.39 Å². The molecule has 0 spiro atoms. The number of H-pyrrole nitrogens is 1. The average Bonchev–Trinajstić information content (AvgIpc) is 3.20. The number of Topliss-reactive ketones (excluding diaryl/α,β-unsaturated/α-hetero) is 1. The molecule has 1 aromatic carbocycles. The van der Waals surface area contributed by atoms with Crippen LogP contribution in [0.2, 0.25) is 0 Å². The number of likely N-dealkylation sites (tertiary alicyclic amines) is 1. The van der Waals surface area contributed by atoms with Crippen molar-refractivity contribution in [1.29, 1.82) is 0 Å². The fourth-order valence-corrected chi connectivity index (χ4v) is 4.61. The van der Waals surface area contributed by atoms with E-state index >= 15 is 0 Å². The van der Waals surface area contributed by atoms with E-state index < -0.39 is 5.82 Å². The Labute approximate surface area is 175 Å². The molecule has 2 heterocycles. The highest BCUT2D eigenvalue weighted by Gasteiger charge is 2.29. The van der Waals surface area contributed by atoms with E-state index in [0.29, 0.717) is 37.9 Å². The molecule has 1 aromatic heterocycles. The van der Waals surface area contributed by atoms with Crippen LogP contribution < -0.4 is 4.74 Å². The van der Waals surface area contributed by atoms with Crippen molar-refractivity contribution in [3.63, 3.8) is 0 Å². The van der Waals surface area contributed by atoms with E-state index in [-0.39, 0.29) is 23.4 Å². The van der Waals surface area contributed by atoms with Crippen LogP contribution >= 0.6 is 0 Å². The molecule has 6 nitrogen and oxygen atoms in total. The number of nitrogens with zero attached hydrogens (tertiary/aromatic N) is 2. The minimum Gasteiger partial charge on any atom is -0.494 e. The zero-order valence-electron chi connectivity index (χ0n) is 17.4. The molecule has 0 bridgehead atoms. The number of rotatable bonds is 6. The fourth-order valence-electron chi connectivity index (χ4n) is 4.61. The summed E-state index contributed by atoms with van der Waals surface area (Å²) in [7, 11) is 1.39. The van der Waals surface area contributed by atoms with E-state index in [1.165, 1.54) is 43.3 Å². The van der Waals surface area contributed by atoms with Crippen molar-refractivity contribution in [3.05, 3.63) is 46.5 Å². The van der Waals surface area contributed by atoms with Gasteiger partial charge >= 0.3 is 0 Å². The van der Waals surface area contributed by atoms with Gasteiger partial charge in [0.25, 0.3) is 0 Å². The lowest BCUT2D eigenvalue weighted by atomic mass is 9.89. The maximum atomic E-state index is 14.0. The lowest BCUT2D eigenvalue weighted by molar-refractivity contribution is -0.132. The van der Waals surface area contributed by atoms with Gasteiger partial charge in [-0.15, -0.1) is 0 Å². The first-order valence-electron chi connectivity index (χ1n) is 10.8. The number of hydrogen-bond acceptors (Lipinski definition) is 4. The summed E-state index contributed by atoms with van der Waals surface area (Å²) in [5.74, 6) is -0.785. The van der Waals surface area contributed by atoms with Gasteiger partial charge in [-0.1, -0.05) is 0 Å². The Morgan fingerprint density at radius 2 is 2.10 bits per heavy atom. The standard InChI is InChI=1S/C23H28FN3O3/c1-30-21-10-8-15(13-18(21)24)23(29)16-5-4-12-27(14-16)22(28)11-9-20-17-6-2-3-7-19(17)25-26-20/h8,10,13,16H,2-7,9,11-12,14H2,1H3,(H,25,26)/t16-/m1/s1. The van der Waals surface area contributed by atoms with Crippen LogP contribution in [0.25, 0.3) is 0 Å². The van der Waals surface area contributed by atoms with E-state index in [0.717, 1.165) is 25.0 Å². The van der Waals surface area contributed by atoms with Crippen molar-refractivity contribution < 1.29 is 18.7 Å². The summed E-state index contributed by atoms with van der Waals surface area (Å²) in [5, 5.41) is 7.55. The molecule has 0 saturated carbocycles. The minimum absolute atomic E-state index is 0.0565. The normalized spacial score (nSPS) is 18.7. The van der Waals surface area contributed by atoms with Crippen LogP contribution in [0.3, 0.4) is 0 Å². The zero-order valence-corrected chi connectivity index (χ0v) is 17.4. The van der Waals surface area contributed by atoms with E-state index in [1.54, 1.807) is 11.0 Å². The second-order valence-electron chi connectivity index (χ2n) is 8.23. The van der Waals surface area contributed by atoms with E-state index in [2.05, 4.69) is 10.2 Å². The Morgan fingerprint density at radius 1 is 1.27 bits per heavy atom. The molecule has 4 rings (SSSR count). The lowest BCUT2D eigenvalue weighted by Crippen LogP contribution is -2.42. The maximum absolute atomic E-state index is 14.0. The van der Waals surface area contributed by atoms with E-state index in [4.69, 9.17) is 4.74 Å². The number of ketones is 1. The van der Waals surface area contributed by atoms with Crippen molar-refractivity contribution in [2.75, 3.05) is 20.2 Å². The number of methoxy groups -OCH3 is 1. The van der Waals surface area contributed by atoms with Crippen molar-refractivity contribution in [1.82, 2.24) is 15.1 Å². The number of carbonyl (C=O) groups excluding carboxylic acids is 2. The number of piperidine rings is 1. The van der Waals surface area contributed by atoms with Crippen LogP contribution in [-0.2, 0) is 24.1 Å². The number of aryl methyl sites for hydroxylation is 2. The lowest BCUT2D eigenvalue weighted by Gasteiger charge is -2.32. The quantitative estimate of drug-likeness (QED) is 0.736. The van der Waals surface area contributed by atoms with Crippen LogP contribution in [-0.4, -0.2) is 47.0 Å². The highest BCUT2D eigenvalue weighted by Crippen LogP contribution is 2.26. The number of carbonyl (C=O) groups is 2. The Balaban J connectivity index is 1.36. The molecule has 1 aliphatic carbocycles. The zero-order chi connectivity index (χ0) is 21.1. The van der Waals surface area contributed by atoms with Gasteiger partial charge in [0.2, 0.25) is 5.91 Å². The molecule has 1 amide bonds. The number of fused-ring (bicyclic) bond motifs is 1. The van der Waals surface area contributed by atoms with Gasteiger partial charge in [0.05, 0.1) is 12.8 Å². The van der Waals surface area contributed by atoms with Gasteiger partial charge in [-0.3, -0.25) is 14.7 Å². The van der Waals surface area contributed by atoms with Crippen molar-refractivity contribution in [2.45, 2.75) is 51.4 Å². The van der Waals surface area contributed by atoms with Crippen molar-refractivity contribution in [3.8, 4) is 5.75 Å². The number of amides is 1. The molecule has 1 fully saturated rings. The Morgan fingerprint density at radius 3 is 2.90 bits per heavy atom. The fraction of sp³-hybridized carbons (Fsp3) is 0.522. The molecule has 2 aliphatic rings. The smallest absolute Gasteiger partial charge is 0.222 e. The molecule has 160 valence electrons. The first kappa shape index (κ1) is 20.6. The Kier molecular flexibility index (Phi) is 6.16.